The molecule has 9 nitrogen and oxygen atoms in total. The van der Waals surface area contributed by atoms with E-state index in [1.54, 1.807) is 63.9 Å². The van der Waals surface area contributed by atoms with Crippen molar-refractivity contribution >= 4 is 16.9 Å². The fraction of sp³-hybridized carbons (Fsp3) is 0.138. The number of hydrogen-bond acceptors (Lipinski definition) is 7. The number of benzene rings is 3. The molecule has 1 amide bonds. The van der Waals surface area contributed by atoms with Crippen LogP contribution in [-0.2, 0) is 6.54 Å². The normalized spacial score (nSPS) is 10.8. The van der Waals surface area contributed by atoms with Crippen molar-refractivity contribution in [3.63, 3.8) is 0 Å². The minimum absolute atomic E-state index is 0.0714. The van der Waals surface area contributed by atoms with Gasteiger partial charge in [-0.1, -0.05) is 6.07 Å². The van der Waals surface area contributed by atoms with Crippen LogP contribution in [0.2, 0.25) is 0 Å². The van der Waals surface area contributed by atoms with Crippen molar-refractivity contribution in [2.75, 3.05) is 21.3 Å². The summed E-state index contributed by atoms with van der Waals surface area (Å²) < 4.78 is 16.0. The molecule has 9 heteroatoms. The molecule has 0 atom stereocenters. The number of carbonyl (C=O) groups excluding carboxylic acids is 1. The second kappa shape index (κ2) is 10.5. The van der Waals surface area contributed by atoms with Gasteiger partial charge in [0.1, 0.15) is 23.1 Å². The number of H-pyrrole nitrogens is 1. The van der Waals surface area contributed by atoms with E-state index < -0.39 is 0 Å². The van der Waals surface area contributed by atoms with E-state index in [0.29, 0.717) is 45.4 Å². The molecule has 38 heavy (non-hydrogen) atoms. The first-order valence-corrected chi connectivity index (χ1v) is 11.8. The van der Waals surface area contributed by atoms with E-state index in [9.17, 15) is 9.90 Å². The zero-order chi connectivity index (χ0) is 26.6. The summed E-state index contributed by atoms with van der Waals surface area (Å²) in [6, 6.07) is 19.6. The number of nitrogens with one attached hydrogen (secondary N) is 2. The number of phenols is 1. The van der Waals surface area contributed by atoms with Gasteiger partial charge in [0.25, 0.3) is 5.91 Å². The zero-order valence-corrected chi connectivity index (χ0v) is 21.1. The number of hydrogen-bond donors (Lipinski definition) is 3. The smallest absolute Gasteiger partial charge is 0.251 e. The van der Waals surface area contributed by atoms with Crippen molar-refractivity contribution in [3.05, 3.63) is 84.1 Å². The third kappa shape index (κ3) is 4.81. The SMILES string of the molecule is COc1ccc(CNC(=O)c2ccc3nc(-c4cc(-c5cccnc5OC)ccc4O)[nH]c3c2)c(OC)c1. The number of amides is 1. The molecule has 0 radical (unpaired) electrons. The van der Waals surface area contributed by atoms with Crippen LogP contribution < -0.4 is 19.5 Å². The molecular formula is C29H26N4O5. The van der Waals surface area contributed by atoms with Crippen LogP contribution in [0.25, 0.3) is 33.5 Å². The monoisotopic (exact) mass is 510 g/mol. The summed E-state index contributed by atoms with van der Waals surface area (Å²) in [6.45, 7) is 0.288. The van der Waals surface area contributed by atoms with Gasteiger partial charge in [0.05, 0.1) is 37.9 Å². The molecule has 0 saturated carbocycles. The number of nitrogens with zero attached hydrogens (tertiary/aromatic N) is 2. The van der Waals surface area contributed by atoms with Gasteiger partial charge in [-0.3, -0.25) is 4.79 Å². The predicted octanol–water partition coefficient (Wildman–Crippen LogP) is 4.95. The molecule has 192 valence electrons. The van der Waals surface area contributed by atoms with Crippen LogP contribution in [0.5, 0.6) is 23.1 Å². The first-order valence-electron chi connectivity index (χ1n) is 11.8. The number of aromatic hydroxyl groups is 1. The van der Waals surface area contributed by atoms with Crippen LogP contribution in [0.3, 0.4) is 0 Å². The second-order valence-corrected chi connectivity index (χ2v) is 8.47. The highest BCUT2D eigenvalue weighted by molar-refractivity contribution is 5.97. The van der Waals surface area contributed by atoms with Crippen molar-refractivity contribution in [1.82, 2.24) is 20.3 Å². The maximum atomic E-state index is 12.9. The van der Waals surface area contributed by atoms with Crippen molar-refractivity contribution < 1.29 is 24.1 Å². The summed E-state index contributed by atoms with van der Waals surface area (Å²) in [5, 5.41) is 13.5. The topological polar surface area (TPSA) is 119 Å². The molecule has 0 saturated heterocycles. The lowest BCUT2D eigenvalue weighted by Gasteiger charge is -2.11. The predicted molar refractivity (Wildman–Crippen MR) is 144 cm³/mol. The average molecular weight is 511 g/mol. The summed E-state index contributed by atoms with van der Waals surface area (Å²) in [5.74, 6) is 2.09. The molecule has 0 fully saturated rings. The number of rotatable bonds is 8. The highest BCUT2D eigenvalue weighted by Gasteiger charge is 2.15. The molecule has 0 aliphatic rings. The molecule has 3 N–H and O–H groups in total. The molecule has 0 aliphatic heterocycles. The van der Waals surface area contributed by atoms with Gasteiger partial charge in [-0.2, -0.15) is 0 Å². The lowest BCUT2D eigenvalue weighted by Crippen LogP contribution is -2.23. The number of aromatic amines is 1. The van der Waals surface area contributed by atoms with Gasteiger partial charge < -0.3 is 29.6 Å². The van der Waals surface area contributed by atoms with Crippen LogP contribution in [0.1, 0.15) is 15.9 Å². The van der Waals surface area contributed by atoms with E-state index in [1.807, 2.05) is 30.3 Å². The van der Waals surface area contributed by atoms with E-state index in [0.717, 1.165) is 16.7 Å². The molecule has 2 aromatic heterocycles. The number of ether oxygens (including phenoxy) is 3. The largest absolute Gasteiger partial charge is 0.507 e. The summed E-state index contributed by atoms with van der Waals surface area (Å²) in [6.07, 6.45) is 1.66. The van der Waals surface area contributed by atoms with Gasteiger partial charge in [-0.05, 0) is 60.2 Å². The van der Waals surface area contributed by atoms with E-state index in [1.165, 1.54) is 0 Å². The Kier molecular flexibility index (Phi) is 6.82. The maximum absolute atomic E-state index is 12.9. The molecule has 5 aromatic rings. The third-order valence-electron chi connectivity index (χ3n) is 6.20. The standard InChI is InChI=1S/C29H26N4O5/c1-36-20-9-6-19(26(15-20)37-2)16-31-28(35)18-7-10-23-24(14-18)33-27(32-23)22-13-17(8-11-25(22)34)21-5-4-12-30-29(21)38-3/h4-15,34H,16H2,1-3H3,(H,31,35)(H,32,33). The molecule has 0 bridgehead atoms. The minimum Gasteiger partial charge on any atom is -0.507 e. The number of imidazole rings is 1. The summed E-state index contributed by atoms with van der Waals surface area (Å²) >= 11 is 0. The Morgan fingerprint density at radius 2 is 1.82 bits per heavy atom. The first-order chi connectivity index (χ1) is 18.5. The Hall–Kier alpha value is -5.05. The number of fused-ring (bicyclic) bond motifs is 1. The first kappa shape index (κ1) is 24.6. The quantitative estimate of drug-likeness (QED) is 0.270. The molecular weight excluding hydrogens is 484 g/mol. The van der Waals surface area contributed by atoms with E-state index in [4.69, 9.17) is 14.2 Å². The number of methoxy groups -OCH3 is 3. The van der Waals surface area contributed by atoms with Crippen LogP contribution in [-0.4, -0.2) is 47.3 Å². The van der Waals surface area contributed by atoms with Gasteiger partial charge in [-0.25, -0.2) is 9.97 Å². The summed E-state index contributed by atoms with van der Waals surface area (Å²) in [5.41, 5.74) is 4.75. The van der Waals surface area contributed by atoms with Gasteiger partial charge in [-0.15, -0.1) is 0 Å². The summed E-state index contributed by atoms with van der Waals surface area (Å²) in [7, 11) is 4.72. The Morgan fingerprint density at radius 3 is 2.61 bits per heavy atom. The zero-order valence-electron chi connectivity index (χ0n) is 21.1. The highest BCUT2D eigenvalue weighted by atomic mass is 16.5. The molecule has 5 rings (SSSR count). The van der Waals surface area contributed by atoms with Crippen molar-refractivity contribution in [2.45, 2.75) is 6.54 Å². The number of carbonyl (C=O) groups is 1. The van der Waals surface area contributed by atoms with Crippen LogP contribution in [0, 0.1) is 0 Å². The Bertz CT molecular complexity index is 1630. The number of pyridine rings is 1. The molecule has 3 aromatic carbocycles. The van der Waals surface area contributed by atoms with Gasteiger partial charge in [0.2, 0.25) is 5.88 Å². The van der Waals surface area contributed by atoms with E-state index in [2.05, 4.69) is 20.3 Å². The molecule has 0 aliphatic carbocycles. The van der Waals surface area contributed by atoms with Gasteiger partial charge >= 0.3 is 0 Å². The minimum atomic E-state index is -0.241. The average Bonchev–Trinajstić information content (AvgIpc) is 3.39. The Morgan fingerprint density at radius 1 is 0.947 bits per heavy atom. The van der Waals surface area contributed by atoms with Gasteiger partial charge in [0, 0.05) is 35.5 Å². The van der Waals surface area contributed by atoms with E-state index >= 15 is 0 Å². The fourth-order valence-electron chi connectivity index (χ4n) is 4.22. The van der Waals surface area contributed by atoms with Crippen LogP contribution in [0.4, 0.5) is 0 Å². The summed E-state index contributed by atoms with van der Waals surface area (Å²) in [4.78, 5) is 25.0. The lowest BCUT2D eigenvalue weighted by atomic mass is 10.0. The molecule has 2 heterocycles. The third-order valence-corrected chi connectivity index (χ3v) is 6.20. The van der Waals surface area contributed by atoms with Crippen molar-refractivity contribution in [1.29, 1.82) is 0 Å². The van der Waals surface area contributed by atoms with Crippen molar-refractivity contribution in [3.8, 4) is 45.6 Å². The maximum Gasteiger partial charge on any atom is 0.251 e. The molecule has 0 spiro atoms. The lowest BCUT2D eigenvalue weighted by molar-refractivity contribution is 0.0951. The van der Waals surface area contributed by atoms with E-state index in [-0.39, 0.29) is 18.2 Å². The van der Waals surface area contributed by atoms with Gasteiger partial charge in [0.15, 0.2) is 0 Å². The number of phenolic OH excluding ortho intramolecular Hbond substituents is 1. The highest BCUT2D eigenvalue weighted by Crippen LogP contribution is 2.35. The number of aromatic nitrogens is 3. The second-order valence-electron chi connectivity index (χ2n) is 8.47. The van der Waals surface area contributed by atoms with Crippen LogP contribution in [0.15, 0.2) is 72.9 Å². The van der Waals surface area contributed by atoms with Crippen LogP contribution >= 0.6 is 0 Å². The fourth-order valence-corrected chi connectivity index (χ4v) is 4.22. The Labute approximate surface area is 219 Å². The molecule has 0 unspecified atom stereocenters. The Balaban J connectivity index is 1.40. The van der Waals surface area contributed by atoms with Crippen molar-refractivity contribution in [2.24, 2.45) is 0 Å².